The highest BCUT2D eigenvalue weighted by Gasteiger charge is 2.79. The Morgan fingerprint density at radius 3 is 1.35 bits per heavy atom. The van der Waals surface area contributed by atoms with Crippen molar-refractivity contribution in [3.63, 3.8) is 0 Å². The summed E-state index contributed by atoms with van der Waals surface area (Å²) in [6.45, 7) is 3.46. The van der Waals surface area contributed by atoms with Crippen LogP contribution >= 0.6 is 39.1 Å². The van der Waals surface area contributed by atoms with E-state index < -0.39 is 33.3 Å². The van der Waals surface area contributed by atoms with Gasteiger partial charge in [0.25, 0.3) is 4.07 Å². The van der Waals surface area contributed by atoms with Crippen LogP contribution in [0.3, 0.4) is 0 Å². The number of alkyl halides is 2. The summed E-state index contributed by atoms with van der Waals surface area (Å²) < 4.78 is 7.82. The third-order valence-corrected chi connectivity index (χ3v) is 18.0. The molecule has 2 atom stereocenters. The number of carbonyl (C=O) groups excluding carboxylic acids is 2. The zero-order chi connectivity index (χ0) is 33.9. The fraction of sp³-hybridized carbons (Fsp3) is 0.150. The van der Waals surface area contributed by atoms with Crippen molar-refractivity contribution in [2.75, 3.05) is 13.2 Å². The molecule has 0 spiro atoms. The summed E-state index contributed by atoms with van der Waals surface area (Å²) in [5.74, 6) is -1.90. The second-order valence-electron chi connectivity index (χ2n) is 11.2. The van der Waals surface area contributed by atoms with Crippen LogP contribution in [0.5, 0.6) is 5.75 Å². The first-order valence-electron chi connectivity index (χ1n) is 15.7. The number of ether oxygens (including phenoxy) is 2. The minimum Gasteiger partial charge on any atom is -0.872 e. The molecular formula is C40H33Br2O5P. The molecule has 0 aromatic heterocycles. The summed E-state index contributed by atoms with van der Waals surface area (Å²) in [6, 6.07) is 43.8. The number of benzene rings is 6. The Morgan fingerprint density at radius 1 is 0.562 bits per heavy atom. The molecule has 242 valence electrons. The van der Waals surface area contributed by atoms with Crippen LogP contribution in [0.4, 0.5) is 0 Å². The number of hydrogen-bond donors (Lipinski definition) is 0. The summed E-state index contributed by atoms with van der Waals surface area (Å²) in [7, 11) is -3.43. The molecule has 8 heteroatoms. The van der Waals surface area contributed by atoms with Gasteiger partial charge in [0, 0.05) is 0 Å². The maximum absolute atomic E-state index is 15.3. The van der Waals surface area contributed by atoms with Crippen LogP contribution in [0.2, 0.25) is 0 Å². The quantitative estimate of drug-likeness (QED) is 0.0613. The standard InChI is InChI=1S/C40H33Br2O5P/c1-3-46-37(44)39(41,35-33-26-16-14-24-31(33)32-25-15-17-27-34(32)36(35)43)40(42,38(45)47-4-2)48(28-18-8-5-9-19-28,29-20-10-6-11-21-29)30-22-12-7-13-23-30/h5-27H,3-4H2,1-2H3. The van der Waals surface area contributed by atoms with Crippen molar-refractivity contribution >= 4 is 88.5 Å². The molecule has 0 heterocycles. The van der Waals surface area contributed by atoms with E-state index in [2.05, 4.69) is 31.9 Å². The largest absolute Gasteiger partial charge is 0.872 e. The van der Waals surface area contributed by atoms with Crippen LogP contribution in [0.1, 0.15) is 19.4 Å². The molecule has 0 saturated carbocycles. The molecule has 0 aliphatic carbocycles. The predicted octanol–water partition coefficient (Wildman–Crippen LogP) is 7.87. The molecule has 6 aromatic rings. The van der Waals surface area contributed by atoms with Gasteiger partial charge in [-0.1, -0.05) is 125 Å². The first-order valence-corrected chi connectivity index (χ1v) is 19.0. The highest BCUT2D eigenvalue weighted by Crippen LogP contribution is 2.77. The summed E-state index contributed by atoms with van der Waals surface area (Å²) in [6.07, 6.45) is 0. The van der Waals surface area contributed by atoms with E-state index in [1.54, 1.807) is 26.0 Å². The molecule has 0 N–H and O–H groups in total. The summed E-state index contributed by atoms with van der Waals surface area (Å²) in [4.78, 5) is 30.4. The average molecular weight is 784 g/mol. The fourth-order valence-electron chi connectivity index (χ4n) is 6.76. The van der Waals surface area contributed by atoms with Gasteiger partial charge in [0.2, 0.25) is 4.32 Å². The Morgan fingerprint density at radius 2 is 0.917 bits per heavy atom. The summed E-state index contributed by atoms with van der Waals surface area (Å²) in [5.41, 5.74) is 0.0901. The van der Waals surface area contributed by atoms with Gasteiger partial charge in [-0.05, 0) is 93.3 Å². The average Bonchev–Trinajstić information content (AvgIpc) is 3.13. The number of esters is 2. The molecule has 0 fully saturated rings. The number of rotatable bonds is 10. The van der Waals surface area contributed by atoms with Gasteiger partial charge in [0.05, 0.1) is 13.2 Å². The van der Waals surface area contributed by atoms with E-state index in [0.29, 0.717) is 10.8 Å². The summed E-state index contributed by atoms with van der Waals surface area (Å²) >= 11 is 8.03. The summed E-state index contributed by atoms with van der Waals surface area (Å²) in [5, 5.41) is 19.9. The molecule has 0 radical (unpaired) electrons. The third-order valence-electron chi connectivity index (χ3n) is 8.68. The van der Waals surface area contributed by atoms with Crippen molar-refractivity contribution in [3.8, 4) is 5.75 Å². The number of fused-ring (bicyclic) bond motifs is 3. The lowest BCUT2D eigenvalue weighted by molar-refractivity contribution is -0.267. The molecule has 6 aromatic carbocycles. The van der Waals surface area contributed by atoms with E-state index >= 15 is 14.7 Å². The van der Waals surface area contributed by atoms with E-state index in [-0.39, 0.29) is 18.8 Å². The van der Waals surface area contributed by atoms with Crippen LogP contribution in [-0.4, -0.2) is 29.2 Å². The Balaban J connectivity index is 1.92. The van der Waals surface area contributed by atoms with Crippen LogP contribution in [0, 0.1) is 0 Å². The highest BCUT2D eigenvalue weighted by molar-refractivity contribution is 9.14. The van der Waals surface area contributed by atoms with E-state index in [9.17, 15) is 0 Å². The van der Waals surface area contributed by atoms with Crippen molar-refractivity contribution in [2.45, 2.75) is 22.2 Å². The van der Waals surface area contributed by atoms with Gasteiger partial charge < -0.3 is 14.6 Å². The maximum atomic E-state index is 15.3. The van der Waals surface area contributed by atoms with Crippen molar-refractivity contribution in [3.05, 3.63) is 145 Å². The van der Waals surface area contributed by atoms with Crippen LogP contribution in [0.25, 0.3) is 21.5 Å². The van der Waals surface area contributed by atoms with Crippen molar-refractivity contribution in [1.29, 1.82) is 0 Å². The van der Waals surface area contributed by atoms with E-state index in [1.165, 1.54) is 0 Å². The van der Waals surface area contributed by atoms with Gasteiger partial charge in [0.1, 0.15) is 23.2 Å². The second-order valence-corrected chi connectivity index (χ2v) is 17.7. The first kappa shape index (κ1) is 33.9. The lowest BCUT2D eigenvalue weighted by Crippen LogP contribution is -2.62. The Hall–Kier alpha value is -4.03. The van der Waals surface area contributed by atoms with Crippen molar-refractivity contribution in [1.82, 2.24) is 0 Å². The molecule has 5 nitrogen and oxygen atoms in total. The van der Waals surface area contributed by atoms with Gasteiger partial charge in [0.15, 0.2) is 0 Å². The van der Waals surface area contributed by atoms with E-state index in [4.69, 9.17) is 9.47 Å². The number of halogens is 2. The minimum absolute atomic E-state index is 0.00521. The number of carbonyl (C=O) groups is 2. The van der Waals surface area contributed by atoms with Gasteiger partial charge in [-0.2, -0.15) is 0 Å². The predicted molar refractivity (Wildman–Crippen MR) is 202 cm³/mol. The maximum Gasteiger partial charge on any atom is 0.365 e. The lowest BCUT2D eigenvalue weighted by Gasteiger charge is -2.47. The van der Waals surface area contributed by atoms with E-state index in [0.717, 1.165) is 26.7 Å². The molecule has 0 bridgehead atoms. The zero-order valence-electron chi connectivity index (χ0n) is 26.4. The number of hydrogen-bond acceptors (Lipinski definition) is 5. The third kappa shape index (κ3) is 5.06. The fourth-order valence-corrected chi connectivity index (χ4v) is 15.4. The zero-order valence-corrected chi connectivity index (χ0v) is 30.5. The van der Waals surface area contributed by atoms with Gasteiger partial charge in [-0.25, -0.2) is 9.59 Å². The Bertz CT molecular complexity index is 2000. The topological polar surface area (TPSA) is 75.7 Å². The molecule has 0 saturated heterocycles. The SMILES string of the molecule is CCOC(=O)C(Br)(c1c([O-])c2ccccc2c2ccccc12)C(Br)(C(=O)OCC)[P+](c1ccccc1)(c1ccccc1)c1ccccc1. The monoisotopic (exact) mass is 782 g/mol. The highest BCUT2D eigenvalue weighted by atomic mass is 79.9. The molecule has 0 aliphatic rings. The Labute approximate surface area is 297 Å². The minimum atomic E-state index is -3.43. The van der Waals surface area contributed by atoms with E-state index in [1.807, 2.05) is 127 Å². The molecule has 0 aliphatic heterocycles. The molecule has 2 unspecified atom stereocenters. The van der Waals surface area contributed by atoms with Crippen LogP contribution in [-0.2, 0) is 23.4 Å². The smallest absolute Gasteiger partial charge is 0.365 e. The van der Waals surface area contributed by atoms with Gasteiger partial charge >= 0.3 is 11.9 Å². The first-order chi connectivity index (χ1) is 23.3. The van der Waals surface area contributed by atoms with Crippen molar-refractivity contribution in [2.24, 2.45) is 0 Å². The van der Waals surface area contributed by atoms with Gasteiger partial charge in [-0.3, -0.25) is 0 Å². The molecular weight excluding hydrogens is 751 g/mol. The van der Waals surface area contributed by atoms with Crippen LogP contribution < -0.4 is 21.0 Å². The Kier molecular flexibility index (Phi) is 9.76. The normalized spacial score (nSPS) is 14.2. The molecule has 48 heavy (non-hydrogen) atoms. The van der Waals surface area contributed by atoms with Gasteiger partial charge in [-0.15, -0.1) is 0 Å². The van der Waals surface area contributed by atoms with Crippen molar-refractivity contribution < 1.29 is 24.2 Å². The lowest BCUT2D eigenvalue weighted by atomic mass is 9.86. The van der Waals surface area contributed by atoms with Crippen LogP contribution in [0.15, 0.2) is 140 Å². The second kappa shape index (κ2) is 13.8. The molecule has 6 rings (SSSR count). The molecule has 0 amide bonds.